The van der Waals surface area contributed by atoms with E-state index in [0.29, 0.717) is 33.2 Å². The number of phosphoric ester groups is 1. The first-order valence-corrected chi connectivity index (χ1v) is 11.9. The third-order valence-electron chi connectivity index (χ3n) is 5.53. The van der Waals surface area contributed by atoms with Crippen molar-refractivity contribution in [2.24, 2.45) is 0 Å². The molecule has 0 atom stereocenters. The summed E-state index contributed by atoms with van der Waals surface area (Å²) >= 11 is 6.17. The molecule has 0 bridgehead atoms. The van der Waals surface area contributed by atoms with Crippen LogP contribution >= 0.6 is 19.4 Å². The van der Waals surface area contributed by atoms with Gasteiger partial charge in [-0.2, -0.15) is 0 Å². The molecule has 1 aliphatic rings. The molecule has 0 fully saturated rings. The topological polar surface area (TPSA) is 112 Å². The fraction of sp³-hybridized carbons (Fsp3) is 0.182. The summed E-state index contributed by atoms with van der Waals surface area (Å²) in [5.74, 6) is -0.784. The molecule has 0 aliphatic carbocycles. The van der Waals surface area contributed by atoms with Crippen molar-refractivity contribution in [2.45, 2.75) is 20.6 Å². The molecular formula is C22H20ClFN3O6P. The molecule has 4 rings (SSSR count). The highest BCUT2D eigenvalue weighted by atomic mass is 35.5. The van der Waals surface area contributed by atoms with E-state index in [1.807, 2.05) is 4.90 Å². The molecule has 2 N–H and O–H groups in total. The Morgan fingerprint density at radius 1 is 1.00 bits per heavy atom. The van der Waals surface area contributed by atoms with Crippen molar-refractivity contribution in [3.8, 4) is 0 Å². The maximum atomic E-state index is 13.8. The largest absolute Gasteiger partial charge is 0.471 e. The standard InChI is InChI=1S/C22H20ClFN3O6P/c1-13-9-16(24)4-6-18(13)25-11-26(22(29)17-10-15(23)3-5-20(17)25)19-7-8-21(28)27(14(19)2)12-33-34(30,31)32/h3-10H,11-12H2,1-2H3,(H2,30,31,32). The van der Waals surface area contributed by atoms with Gasteiger partial charge >= 0.3 is 7.82 Å². The van der Waals surface area contributed by atoms with Crippen LogP contribution in [0.2, 0.25) is 5.02 Å². The van der Waals surface area contributed by atoms with Gasteiger partial charge in [-0.25, -0.2) is 8.96 Å². The number of hydrogen-bond donors (Lipinski definition) is 2. The van der Waals surface area contributed by atoms with E-state index in [0.717, 1.165) is 4.57 Å². The Labute approximate surface area is 198 Å². The van der Waals surface area contributed by atoms with Gasteiger partial charge in [-0.1, -0.05) is 11.6 Å². The summed E-state index contributed by atoms with van der Waals surface area (Å²) in [4.78, 5) is 47.1. The van der Waals surface area contributed by atoms with Gasteiger partial charge in [0.05, 0.1) is 16.9 Å². The van der Waals surface area contributed by atoms with Crippen LogP contribution in [0.5, 0.6) is 0 Å². The highest BCUT2D eigenvalue weighted by Crippen LogP contribution is 2.39. The minimum Gasteiger partial charge on any atom is -0.322 e. The van der Waals surface area contributed by atoms with Crippen molar-refractivity contribution in [3.63, 3.8) is 0 Å². The van der Waals surface area contributed by atoms with Crippen molar-refractivity contribution >= 4 is 42.4 Å². The Hall–Kier alpha value is -3.01. The van der Waals surface area contributed by atoms with Gasteiger partial charge < -0.3 is 14.7 Å². The van der Waals surface area contributed by atoms with E-state index in [9.17, 15) is 18.5 Å². The highest BCUT2D eigenvalue weighted by molar-refractivity contribution is 7.46. The summed E-state index contributed by atoms with van der Waals surface area (Å²) in [6, 6.07) is 11.8. The molecule has 0 spiro atoms. The molecule has 178 valence electrons. The van der Waals surface area contributed by atoms with Crippen molar-refractivity contribution in [1.82, 2.24) is 4.57 Å². The molecule has 0 unspecified atom stereocenters. The number of rotatable bonds is 5. The number of hydrogen-bond acceptors (Lipinski definition) is 5. The van der Waals surface area contributed by atoms with E-state index in [1.165, 1.54) is 42.2 Å². The third-order valence-corrected chi connectivity index (χ3v) is 6.22. The quantitative estimate of drug-likeness (QED) is 0.500. The average Bonchev–Trinajstić information content (AvgIpc) is 2.74. The molecule has 12 heteroatoms. The number of phosphoric acid groups is 1. The molecule has 1 amide bonds. The van der Waals surface area contributed by atoms with Crippen LogP contribution in [0.15, 0.2) is 53.3 Å². The zero-order valence-electron chi connectivity index (χ0n) is 18.1. The summed E-state index contributed by atoms with van der Waals surface area (Å²) in [6.07, 6.45) is 0. The molecule has 2 heterocycles. The number of aromatic nitrogens is 1. The predicted molar refractivity (Wildman–Crippen MR) is 125 cm³/mol. The lowest BCUT2D eigenvalue weighted by Crippen LogP contribution is -2.46. The van der Waals surface area contributed by atoms with Gasteiger partial charge in [0.2, 0.25) is 0 Å². The molecular weight excluding hydrogens is 488 g/mol. The van der Waals surface area contributed by atoms with Gasteiger partial charge in [-0.15, -0.1) is 0 Å². The maximum absolute atomic E-state index is 13.8. The number of carbonyl (C=O) groups excluding carboxylic acids is 1. The lowest BCUT2D eigenvalue weighted by Gasteiger charge is -2.39. The van der Waals surface area contributed by atoms with Crippen molar-refractivity contribution < 1.29 is 28.1 Å². The van der Waals surface area contributed by atoms with E-state index >= 15 is 0 Å². The molecule has 0 saturated heterocycles. The first-order valence-electron chi connectivity index (χ1n) is 10.0. The molecule has 0 saturated carbocycles. The molecule has 2 aromatic carbocycles. The molecule has 1 aromatic heterocycles. The summed E-state index contributed by atoms with van der Waals surface area (Å²) in [5, 5.41) is 0.349. The van der Waals surface area contributed by atoms with E-state index in [2.05, 4.69) is 4.52 Å². The lowest BCUT2D eigenvalue weighted by atomic mass is 10.0. The van der Waals surface area contributed by atoms with E-state index in [4.69, 9.17) is 21.4 Å². The average molecular weight is 508 g/mol. The summed E-state index contributed by atoms with van der Waals surface area (Å²) in [6.45, 7) is 2.61. The number of fused-ring (bicyclic) bond motifs is 1. The van der Waals surface area contributed by atoms with Crippen LogP contribution < -0.4 is 15.4 Å². The second-order valence-electron chi connectivity index (χ2n) is 7.71. The minimum atomic E-state index is -4.83. The Morgan fingerprint density at radius 3 is 2.35 bits per heavy atom. The van der Waals surface area contributed by atoms with Gasteiger partial charge in [0.15, 0.2) is 0 Å². The number of carbonyl (C=O) groups is 1. The molecule has 3 aromatic rings. The number of pyridine rings is 1. The monoisotopic (exact) mass is 507 g/mol. The molecule has 9 nitrogen and oxygen atoms in total. The van der Waals surface area contributed by atoms with Gasteiger partial charge in [-0.05, 0) is 61.9 Å². The second kappa shape index (κ2) is 8.98. The first-order chi connectivity index (χ1) is 16.0. The molecule has 34 heavy (non-hydrogen) atoms. The molecule has 1 aliphatic heterocycles. The normalized spacial score (nSPS) is 13.9. The molecule has 0 radical (unpaired) electrons. The van der Waals surface area contributed by atoms with Crippen molar-refractivity contribution in [1.29, 1.82) is 0 Å². The van der Waals surface area contributed by atoms with Gasteiger partial charge in [0.25, 0.3) is 11.5 Å². The predicted octanol–water partition coefficient (Wildman–Crippen LogP) is 4.08. The number of amides is 1. The number of anilines is 3. The minimum absolute atomic E-state index is 0.0261. The zero-order chi connectivity index (χ0) is 24.8. The zero-order valence-corrected chi connectivity index (χ0v) is 19.8. The van der Waals surface area contributed by atoms with E-state index in [-0.39, 0.29) is 12.4 Å². The summed E-state index contributed by atoms with van der Waals surface area (Å²) < 4.78 is 30.4. The Bertz CT molecular complexity index is 1410. The second-order valence-corrected chi connectivity index (χ2v) is 9.39. The smallest absolute Gasteiger partial charge is 0.322 e. The third kappa shape index (κ3) is 4.64. The number of halogens is 2. The lowest BCUT2D eigenvalue weighted by molar-refractivity contribution is 0.0982. The fourth-order valence-corrected chi connectivity index (χ4v) is 4.34. The van der Waals surface area contributed by atoms with Gasteiger partial charge in [-0.3, -0.25) is 23.6 Å². The van der Waals surface area contributed by atoms with E-state index < -0.39 is 31.8 Å². The van der Waals surface area contributed by atoms with Crippen LogP contribution in [0.3, 0.4) is 0 Å². The number of aryl methyl sites for hydroxylation is 1. The highest BCUT2D eigenvalue weighted by Gasteiger charge is 2.33. The van der Waals surface area contributed by atoms with Gasteiger partial charge in [0, 0.05) is 22.5 Å². The Kier molecular flexibility index (Phi) is 6.37. The Morgan fingerprint density at radius 2 is 1.68 bits per heavy atom. The maximum Gasteiger partial charge on any atom is 0.471 e. The van der Waals surface area contributed by atoms with Crippen molar-refractivity contribution in [2.75, 3.05) is 16.5 Å². The Balaban J connectivity index is 1.84. The summed E-state index contributed by atoms with van der Waals surface area (Å²) in [5.41, 5.74) is 2.21. The van der Waals surface area contributed by atoms with Crippen LogP contribution in [0.1, 0.15) is 21.6 Å². The van der Waals surface area contributed by atoms with Crippen LogP contribution in [-0.2, 0) is 15.8 Å². The van der Waals surface area contributed by atoms with Crippen LogP contribution in [0.4, 0.5) is 21.5 Å². The van der Waals surface area contributed by atoms with E-state index in [1.54, 1.807) is 25.1 Å². The SMILES string of the molecule is Cc1cc(F)ccc1N1CN(c2ccc(=O)n(COP(=O)(O)O)c2C)C(=O)c2cc(Cl)ccc21. The van der Waals surface area contributed by atoms with Crippen LogP contribution in [0.25, 0.3) is 0 Å². The van der Waals surface area contributed by atoms with Crippen LogP contribution in [0, 0.1) is 19.7 Å². The van der Waals surface area contributed by atoms with Gasteiger partial charge in [0.1, 0.15) is 19.2 Å². The number of nitrogens with zero attached hydrogens (tertiary/aromatic N) is 3. The first kappa shape index (κ1) is 24.1. The number of benzene rings is 2. The fourth-order valence-electron chi connectivity index (χ4n) is 3.90. The van der Waals surface area contributed by atoms with Crippen LogP contribution in [-0.4, -0.2) is 26.9 Å². The van der Waals surface area contributed by atoms with Crippen molar-refractivity contribution in [3.05, 3.63) is 86.5 Å². The summed E-state index contributed by atoms with van der Waals surface area (Å²) in [7, 11) is -4.83.